The van der Waals surface area contributed by atoms with Crippen molar-refractivity contribution in [3.63, 3.8) is 0 Å². The lowest BCUT2D eigenvalue weighted by Crippen LogP contribution is -2.44. The number of ether oxygens (including phenoxy) is 2. The van der Waals surface area contributed by atoms with E-state index in [9.17, 15) is 4.79 Å². The average molecular weight is 321 g/mol. The molecular formula is C15H19N3O5. The van der Waals surface area contributed by atoms with Crippen molar-refractivity contribution in [2.24, 2.45) is 0 Å². The number of carbonyl (C=O) groups is 1. The topological polar surface area (TPSA) is 90.8 Å². The highest BCUT2D eigenvalue weighted by Crippen LogP contribution is 2.26. The maximum atomic E-state index is 12.8. The summed E-state index contributed by atoms with van der Waals surface area (Å²) in [7, 11) is 1.55. The molecule has 0 spiro atoms. The molecule has 3 heterocycles. The molecule has 0 saturated carbocycles. The number of carbonyl (C=O) groups excluding carboxylic acids is 1. The molecule has 3 rings (SSSR count). The minimum Gasteiger partial charge on any atom is -0.456 e. The summed E-state index contributed by atoms with van der Waals surface area (Å²) in [5, 5.41) is 3.94. The Balaban J connectivity index is 1.86. The third-order valence-corrected chi connectivity index (χ3v) is 3.67. The Morgan fingerprint density at radius 3 is 3.00 bits per heavy atom. The first-order valence-corrected chi connectivity index (χ1v) is 7.37. The lowest BCUT2D eigenvalue weighted by molar-refractivity contribution is -0.00738. The zero-order valence-corrected chi connectivity index (χ0v) is 13.4. The Morgan fingerprint density at radius 1 is 1.48 bits per heavy atom. The first-order chi connectivity index (χ1) is 11.1. The molecule has 1 aliphatic heterocycles. The smallest absolute Gasteiger partial charge is 0.290 e. The first-order valence-electron chi connectivity index (χ1n) is 7.37. The monoisotopic (exact) mass is 321 g/mol. The van der Waals surface area contributed by atoms with E-state index < -0.39 is 6.04 Å². The second-order valence-electron chi connectivity index (χ2n) is 5.44. The summed E-state index contributed by atoms with van der Waals surface area (Å²) in [6.07, 6.45) is 0. The van der Waals surface area contributed by atoms with Gasteiger partial charge in [0, 0.05) is 19.2 Å². The molecule has 1 atom stereocenters. The van der Waals surface area contributed by atoms with Crippen molar-refractivity contribution in [2.45, 2.75) is 26.5 Å². The van der Waals surface area contributed by atoms with Crippen LogP contribution in [0.3, 0.4) is 0 Å². The van der Waals surface area contributed by atoms with Crippen LogP contribution < -0.4 is 0 Å². The van der Waals surface area contributed by atoms with Gasteiger partial charge in [0.25, 0.3) is 11.8 Å². The van der Waals surface area contributed by atoms with Crippen LogP contribution in [0, 0.1) is 13.8 Å². The lowest BCUT2D eigenvalue weighted by Gasteiger charge is -2.33. The standard InChI is InChI=1S/C15H19N3O5/c1-9-6-10(2)22-13(9)15(19)18-4-5-21-7-11(18)14-16-12(8-20-3)23-17-14/h6,11H,4-5,7-8H2,1-3H3. The number of furan rings is 1. The van der Waals surface area contributed by atoms with E-state index >= 15 is 0 Å². The number of methoxy groups -OCH3 is 1. The molecule has 0 N–H and O–H groups in total. The predicted octanol–water partition coefficient (Wildman–Crippen LogP) is 1.64. The summed E-state index contributed by atoms with van der Waals surface area (Å²) in [5.41, 5.74) is 0.811. The maximum Gasteiger partial charge on any atom is 0.290 e. The van der Waals surface area contributed by atoms with Crippen LogP contribution in [0.25, 0.3) is 0 Å². The summed E-state index contributed by atoms with van der Waals surface area (Å²) in [6.45, 7) is 5.11. The van der Waals surface area contributed by atoms with E-state index in [1.807, 2.05) is 19.9 Å². The summed E-state index contributed by atoms with van der Waals surface area (Å²) >= 11 is 0. The molecule has 2 aromatic rings. The van der Waals surface area contributed by atoms with Gasteiger partial charge in [0.2, 0.25) is 0 Å². The van der Waals surface area contributed by atoms with Gasteiger partial charge in [-0.1, -0.05) is 5.16 Å². The van der Waals surface area contributed by atoms with Crippen molar-refractivity contribution in [3.05, 3.63) is 34.9 Å². The minimum absolute atomic E-state index is 0.193. The fourth-order valence-electron chi connectivity index (χ4n) is 2.63. The van der Waals surface area contributed by atoms with Gasteiger partial charge in [0.15, 0.2) is 11.6 Å². The number of morpholine rings is 1. The average Bonchev–Trinajstić information content (AvgIpc) is 3.13. The van der Waals surface area contributed by atoms with Gasteiger partial charge >= 0.3 is 0 Å². The van der Waals surface area contributed by atoms with Crippen molar-refractivity contribution >= 4 is 5.91 Å². The number of aromatic nitrogens is 2. The van der Waals surface area contributed by atoms with Gasteiger partial charge in [-0.15, -0.1) is 0 Å². The quantitative estimate of drug-likeness (QED) is 0.845. The highest BCUT2D eigenvalue weighted by Gasteiger charge is 2.34. The van der Waals surface area contributed by atoms with Crippen LogP contribution in [0.5, 0.6) is 0 Å². The number of amides is 1. The van der Waals surface area contributed by atoms with Gasteiger partial charge in [0.1, 0.15) is 18.4 Å². The number of hydrogen-bond acceptors (Lipinski definition) is 7. The molecule has 0 aliphatic carbocycles. The van der Waals surface area contributed by atoms with E-state index in [2.05, 4.69) is 10.1 Å². The Bertz CT molecular complexity index is 693. The molecule has 8 heteroatoms. The van der Waals surface area contributed by atoms with Gasteiger partial charge in [-0.25, -0.2) is 0 Å². The fourth-order valence-corrected chi connectivity index (χ4v) is 2.63. The van der Waals surface area contributed by atoms with Gasteiger partial charge in [0.05, 0.1) is 13.2 Å². The van der Waals surface area contributed by atoms with Crippen LogP contribution in [-0.4, -0.2) is 47.8 Å². The van der Waals surface area contributed by atoms with E-state index in [0.717, 1.165) is 5.56 Å². The Hall–Kier alpha value is -2.19. The van der Waals surface area contributed by atoms with E-state index in [1.54, 1.807) is 12.0 Å². The molecule has 8 nitrogen and oxygen atoms in total. The predicted molar refractivity (Wildman–Crippen MR) is 77.8 cm³/mol. The van der Waals surface area contributed by atoms with E-state index in [4.69, 9.17) is 18.4 Å². The highest BCUT2D eigenvalue weighted by atomic mass is 16.5. The summed E-state index contributed by atoms with van der Waals surface area (Å²) < 4.78 is 21.1. The molecule has 0 bridgehead atoms. The molecule has 1 saturated heterocycles. The Labute approximate surface area is 133 Å². The largest absolute Gasteiger partial charge is 0.456 e. The molecule has 1 aliphatic rings. The van der Waals surface area contributed by atoms with Crippen LogP contribution in [-0.2, 0) is 16.1 Å². The number of rotatable bonds is 4. The lowest BCUT2D eigenvalue weighted by atomic mass is 10.1. The number of hydrogen-bond donors (Lipinski definition) is 0. The molecule has 1 unspecified atom stereocenters. The van der Waals surface area contributed by atoms with Crippen LogP contribution in [0.15, 0.2) is 15.0 Å². The second kappa shape index (κ2) is 6.51. The maximum absolute atomic E-state index is 12.8. The van der Waals surface area contributed by atoms with Crippen LogP contribution in [0.4, 0.5) is 0 Å². The van der Waals surface area contributed by atoms with E-state index in [1.165, 1.54) is 0 Å². The summed E-state index contributed by atoms with van der Waals surface area (Å²) in [5.74, 6) is 1.63. The van der Waals surface area contributed by atoms with Gasteiger partial charge in [-0.05, 0) is 19.9 Å². The molecule has 124 valence electrons. The normalized spacial score (nSPS) is 18.4. The molecule has 1 fully saturated rings. The molecule has 1 amide bonds. The van der Waals surface area contributed by atoms with Gasteiger partial charge < -0.3 is 23.3 Å². The van der Waals surface area contributed by atoms with E-state index in [0.29, 0.717) is 43.0 Å². The molecule has 23 heavy (non-hydrogen) atoms. The zero-order chi connectivity index (χ0) is 16.4. The molecule has 0 radical (unpaired) electrons. The SMILES string of the molecule is COCc1nc(C2COCCN2C(=O)c2oc(C)cc2C)no1. The van der Waals surface area contributed by atoms with Crippen LogP contribution in [0.1, 0.15) is 39.6 Å². The number of aryl methyl sites for hydroxylation is 2. The van der Waals surface area contributed by atoms with Crippen LogP contribution >= 0.6 is 0 Å². The van der Waals surface area contributed by atoms with Crippen molar-refractivity contribution < 1.29 is 23.2 Å². The first kappa shape index (κ1) is 15.7. The summed E-state index contributed by atoms with van der Waals surface area (Å²) in [4.78, 5) is 18.7. The van der Waals surface area contributed by atoms with Crippen molar-refractivity contribution in [1.29, 1.82) is 0 Å². The van der Waals surface area contributed by atoms with Crippen molar-refractivity contribution in [2.75, 3.05) is 26.9 Å². The third-order valence-electron chi connectivity index (χ3n) is 3.67. The highest BCUT2D eigenvalue weighted by molar-refractivity contribution is 5.93. The van der Waals surface area contributed by atoms with Gasteiger partial charge in [-0.2, -0.15) is 4.98 Å². The van der Waals surface area contributed by atoms with Crippen molar-refractivity contribution in [3.8, 4) is 0 Å². The Kier molecular flexibility index (Phi) is 4.44. The fraction of sp³-hybridized carbons (Fsp3) is 0.533. The van der Waals surface area contributed by atoms with E-state index in [-0.39, 0.29) is 12.5 Å². The zero-order valence-electron chi connectivity index (χ0n) is 13.4. The summed E-state index contributed by atoms with van der Waals surface area (Å²) in [6, 6.07) is 1.43. The minimum atomic E-state index is -0.407. The molecule has 2 aromatic heterocycles. The third kappa shape index (κ3) is 3.13. The number of nitrogens with zero attached hydrogens (tertiary/aromatic N) is 3. The Morgan fingerprint density at radius 2 is 2.30 bits per heavy atom. The van der Waals surface area contributed by atoms with Gasteiger partial charge in [-0.3, -0.25) is 4.79 Å². The van der Waals surface area contributed by atoms with Crippen molar-refractivity contribution in [1.82, 2.24) is 15.0 Å². The molecule has 0 aromatic carbocycles. The molecular weight excluding hydrogens is 302 g/mol. The second-order valence-corrected chi connectivity index (χ2v) is 5.44. The van der Waals surface area contributed by atoms with Crippen LogP contribution in [0.2, 0.25) is 0 Å².